The number of carbonyl (C=O) groups is 2. The van der Waals surface area contributed by atoms with Crippen LogP contribution < -0.4 is 10.0 Å². The highest BCUT2D eigenvalue weighted by atomic mass is 32.2. The summed E-state index contributed by atoms with van der Waals surface area (Å²) in [5, 5.41) is 2.40. The van der Waals surface area contributed by atoms with Crippen molar-refractivity contribution in [2.45, 2.75) is 33.6 Å². The van der Waals surface area contributed by atoms with Gasteiger partial charge in [-0.1, -0.05) is 20.8 Å². The summed E-state index contributed by atoms with van der Waals surface area (Å²) in [6, 6.07) is 0. The van der Waals surface area contributed by atoms with Gasteiger partial charge in [0.15, 0.2) is 0 Å². The first-order valence-corrected chi connectivity index (χ1v) is 7.59. The molecular formula is C11H22N2O4S. The third-order valence-electron chi connectivity index (χ3n) is 2.77. The Balaban J connectivity index is 4.24. The number of rotatable bonds is 7. The van der Waals surface area contributed by atoms with Crippen molar-refractivity contribution in [1.82, 2.24) is 10.0 Å². The van der Waals surface area contributed by atoms with Crippen LogP contribution in [0.4, 0.5) is 0 Å². The Bertz CT molecular complexity index is 390. The molecule has 0 aromatic rings. The van der Waals surface area contributed by atoms with Crippen LogP contribution in [0.3, 0.4) is 0 Å². The number of hydrogen-bond donors (Lipinski definition) is 2. The first-order valence-electron chi connectivity index (χ1n) is 5.94. The van der Waals surface area contributed by atoms with E-state index in [4.69, 9.17) is 0 Å². The Morgan fingerprint density at radius 1 is 1.17 bits per heavy atom. The van der Waals surface area contributed by atoms with Crippen molar-refractivity contribution in [3.63, 3.8) is 0 Å². The van der Waals surface area contributed by atoms with Gasteiger partial charge in [0.1, 0.15) is 0 Å². The minimum Gasteiger partial charge on any atom is -0.359 e. The third kappa shape index (κ3) is 6.58. The highest BCUT2D eigenvalue weighted by molar-refractivity contribution is 7.90. The first kappa shape index (κ1) is 16.9. The number of carbonyl (C=O) groups excluding carboxylic acids is 2. The highest BCUT2D eigenvalue weighted by Gasteiger charge is 2.21. The molecule has 0 radical (unpaired) electrons. The SMILES string of the molecule is CNC(=O)CCCS(=O)(=O)NC(=O)[C@@H](C)C(C)C. The molecular weight excluding hydrogens is 256 g/mol. The summed E-state index contributed by atoms with van der Waals surface area (Å²) in [5.74, 6) is -1.22. The second-order valence-electron chi connectivity index (χ2n) is 4.59. The molecule has 2 N–H and O–H groups in total. The molecule has 0 aromatic heterocycles. The van der Waals surface area contributed by atoms with Crippen molar-refractivity contribution in [3.05, 3.63) is 0 Å². The lowest BCUT2D eigenvalue weighted by Crippen LogP contribution is -2.38. The molecule has 0 aliphatic heterocycles. The number of sulfonamides is 1. The van der Waals surface area contributed by atoms with E-state index in [9.17, 15) is 18.0 Å². The van der Waals surface area contributed by atoms with Crippen molar-refractivity contribution in [2.75, 3.05) is 12.8 Å². The third-order valence-corrected chi connectivity index (χ3v) is 4.10. The molecule has 0 aromatic carbocycles. The van der Waals surface area contributed by atoms with Crippen LogP contribution >= 0.6 is 0 Å². The average molecular weight is 278 g/mol. The number of amides is 2. The molecule has 0 rings (SSSR count). The zero-order valence-electron chi connectivity index (χ0n) is 11.3. The van der Waals surface area contributed by atoms with Gasteiger partial charge in [-0.15, -0.1) is 0 Å². The fourth-order valence-corrected chi connectivity index (χ4v) is 2.27. The van der Waals surface area contributed by atoms with E-state index >= 15 is 0 Å². The van der Waals surface area contributed by atoms with Crippen LogP contribution in [0.5, 0.6) is 0 Å². The lowest BCUT2D eigenvalue weighted by atomic mass is 9.98. The summed E-state index contributed by atoms with van der Waals surface area (Å²) >= 11 is 0. The molecule has 0 saturated heterocycles. The summed E-state index contributed by atoms with van der Waals surface area (Å²) in [5.41, 5.74) is 0. The van der Waals surface area contributed by atoms with E-state index < -0.39 is 15.9 Å². The maximum Gasteiger partial charge on any atom is 0.236 e. The maximum absolute atomic E-state index is 11.6. The lowest BCUT2D eigenvalue weighted by Gasteiger charge is -2.15. The molecule has 2 amide bonds. The van der Waals surface area contributed by atoms with E-state index in [0.717, 1.165) is 0 Å². The van der Waals surface area contributed by atoms with Gasteiger partial charge in [0, 0.05) is 19.4 Å². The van der Waals surface area contributed by atoms with Gasteiger partial charge in [-0.25, -0.2) is 8.42 Å². The second kappa shape index (κ2) is 7.35. The van der Waals surface area contributed by atoms with Crippen LogP contribution in [-0.4, -0.2) is 33.0 Å². The summed E-state index contributed by atoms with van der Waals surface area (Å²) in [4.78, 5) is 22.5. The molecule has 1 atom stereocenters. The molecule has 0 fully saturated rings. The first-order chi connectivity index (χ1) is 8.19. The monoisotopic (exact) mass is 278 g/mol. The van der Waals surface area contributed by atoms with Crippen molar-refractivity contribution in [3.8, 4) is 0 Å². The second-order valence-corrected chi connectivity index (χ2v) is 6.44. The summed E-state index contributed by atoms with van der Waals surface area (Å²) in [7, 11) is -2.15. The Hall–Kier alpha value is -1.11. The van der Waals surface area contributed by atoms with Crippen molar-refractivity contribution >= 4 is 21.8 Å². The van der Waals surface area contributed by atoms with Crippen LogP contribution in [-0.2, 0) is 19.6 Å². The Morgan fingerprint density at radius 2 is 1.72 bits per heavy atom. The van der Waals surface area contributed by atoms with Gasteiger partial charge < -0.3 is 5.32 Å². The predicted molar refractivity (Wildman–Crippen MR) is 69.2 cm³/mol. The molecule has 18 heavy (non-hydrogen) atoms. The minimum absolute atomic E-state index is 0.0751. The number of hydrogen-bond acceptors (Lipinski definition) is 4. The van der Waals surface area contributed by atoms with Gasteiger partial charge in [0.2, 0.25) is 21.8 Å². The largest absolute Gasteiger partial charge is 0.359 e. The summed E-state index contributed by atoms with van der Waals surface area (Å²) < 4.78 is 25.2. The highest BCUT2D eigenvalue weighted by Crippen LogP contribution is 2.10. The van der Waals surface area contributed by atoms with Gasteiger partial charge in [0.05, 0.1) is 5.75 Å². The normalized spacial score (nSPS) is 13.2. The molecule has 0 bridgehead atoms. The van der Waals surface area contributed by atoms with E-state index in [0.29, 0.717) is 0 Å². The van der Waals surface area contributed by atoms with Gasteiger partial charge in [-0.3, -0.25) is 14.3 Å². The lowest BCUT2D eigenvalue weighted by molar-refractivity contribution is -0.124. The zero-order valence-corrected chi connectivity index (χ0v) is 12.1. The quantitative estimate of drug-likeness (QED) is 0.698. The van der Waals surface area contributed by atoms with Crippen LogP contribution in [0.2, 0.25) is 0 Å². The topological polar surface area (TPSA) is 92.3 Å². The predicted octanol–water partition coefficient (Wildman–Crippen LogP) is 0.251. The van der Waals surface area contributed by atoms with Crippen molar-refractivity contribution in [1.29, 1.82) is 0 Å². The van der Waals surface area contributed by atoms with Gasteiger partial charge >= 0.3 is 0 Å². The Kier molecular flexibility index (Phi) is 6.90. The molecule has 0 saturated carbocycles. The van der Waals surface area contributed by atoms with Gasteiger partial charge in [0.25, 0.3) is 0 Å². The molecule has 0 aliphatic rings. The molecule has 0 heterocycles. The van der Waals surface area contributed by atoms with Gasteiger partial charge in [-0.05, 0) is 12.3 Å². The van der Waals surface area contributed by atoms with E-state index in [2.05, 4.69) is 5.32 Å². The molecule has 0 aliphatic carbocycles. The fourth-order valence-electron chi connectivity index (χ4n) is 1.15. The number of nitrogens with one attached hydrogen (secondary N) is 2. The molecule has 7 heteroatoms. The van der Waals surface area contributed by atoms with Crippen LogP contribution in [0.1, 0.15) is 33.6 Å². The smallest absolute Gasteiger partial charge is 0.236 e. The van der Waals surface area contributed by atoms with E-state index in [1.165, 1.54) is 7.05 Å². The van der Waals surface area contributed by atoms with Crippen LogP contribution in [0, 0.1) is 11.8 Å². The van der Waals surface area contributed by atoms with Crippen LogP contribution in [0.15, 0.2) is 0 Å². The molecule has 0 unspecified atom stereocenters. The zero-order chi connectivity index (χ0) is 14.3. The van der Waals surface area contributed by atoms with Gasteiger partial charge in [-0.2, -0.15) is 0 Å². The Morgan fingerprint density at radius 3 is 2.17 bits per heavy atom. The standard InChI is InChI=1S/C11H22N2O4S/c1-8(2)9(3)11(15)13-18(16,17)7-5-6-10(14)12-4/h8-9H,5-7H2,1-4H3,(H,12,14)(H,13,15)/t9-/m0/s1. The average Bonchev–Trinajstić information content (AvgIpc) is 2.26. The molecule has 106 valence electrons. The minimum atomic E-state index is -3.64. The van der Waals surface area contributed by atoms with E-state index in [1.807, 2.05) is 18.6 Å². The summed E-state index contributed by atoms with van der Waals surface area (Å²) in [6.45, 7) is 5.38. The van der Waals surface area contributed by atoms with E-state index in [1.54, 1.807) is 6.92 Å². The van der Waals surface area contributed by atoms with Crippen molar-refractivity contribution in [2.24, 2.45) is 11.8 Å². The summed E-state index contributed by atoms with van der Waals surface area (Å²) in [6.07, 6.45) is 0.323. The maximum atomic E-state index is 11.6. The Labute approximate surface area is 109 Å². The fraction of sp³-hybridized carbons (Fsp3) is 0.818. The van der Waals surface area contributed by atoms with Crippen molar-refractivity contribution < 1.29 is 18.0 Å². The van der Waals surface area contributed by atoms with Crippen LogP contribution in [0.25, 0.3) is 0 Å². The van der Waals surface area contributed by atoms with E-state index in [-0.39, 0.29) is 36.3 Å². The molecule has 0 spiro atoms. The molecule has 6 nitrogen and oxygen atoms in total.